The first-order chi connectivity index (χ1) is 31.0. The van der Waals surface area contributed by atoms with Gasteiger partial charge in [-0.2, -0.15) is 0 Å². The highest BCUT2D eigenvalue weighted by molar-refractivity contribution is 5.71. The minimum atomic E-state index is -0.815. The van der Waals surface area contributed by atoms with Gasteiger partial charge in [0.15, 0.2) is 6.10 Å². The first-order valence-corrected chi connectivity index (χ1v) is 25.0. The number of unbranched alkanes of at least 4 members (excludes halogenated alkanes) is 12. The van der Waals surface area contributed by atoms with Gasteiger partial charge in [0, 0.05) is 19.3 Å². The highest BCUT2D eigenvalue weighted by atomic mass is 16.6. The molecule has 1 atom stereocenters. The minimum absolute atomic E-state index is 0.116. The standard InChI is InChI=1S/C57H90O6/c1-4-7-10-13-16-19-22-24-26-27-28-29-31-33-36-38-41-44-47-50-56(59)62-53-54(63-57(60)51-48-45-42-39-34-21-18-15-12-9-6-3)52-61-55(58)49-46-43-40-37-35-32-30-25-23-20-17-14-11-8-5-2/h7-8,10-11,15-20,24-26,28-30,33,35-37,54H,4-6,9,12-14,21-23,27,31-32,34,38-53H2,1-3H3/b10-7-,11-8-,18-15-,19-16-,20-17-,26-24-,29-28-,30-25-,36-33-,37-35-/t54-/m0/s1. The SMILES string of the molecule is CC/C=C\C/C=C\C/C=C\C/C=C\C/C=C\CCCCCC(=O)OC[C@H](COC(=O)CCCC/C=C\C/C=C\C/C=C\C/C=C\CC)OC(=O)CCCCCCC/C=C\CCCC. The lowest BCUT2D eigenvalue weighted by atomic mass is 10.1. The molecule has 0 aliphatic rings. The van der Waals surface area contributed by atoms with Crippen LogP contribution in [0.3, 0.4) is 0 Å². The van der Waals surface area contributed by atoms with Crippen molar-refractivity contribution in [2.75, 3.05) is 13.2 Å². The Labute approximate surface area is 386 Å². The van der Waals surface area contributed by atoms with E-state index in [2.05, 4.69) is 142 Å². The molecular weight excluding hydrogens is 781 g/mol. The van der Waals surface area contributed by atoms with Crippen LogP contribution in [0.15, 0.2) is 122 Å². The van der Waals surface area contributed by atoms with Crippen LogP contribution in [-0.2, 0) is 28.6 Å². The predicted molar refractivity (Wildman–Crippen MR) is 269 cm³/mol. The molecule has 0 aliphatic carbocycles. The van der Waals surface area contributed by atoms with Crippen LogP contribution in [0.5, 0.6) is 0 Å². The quantitative estimate of drug-likeness (QED) is 0.0263. The first kappa shape index (κ1) is 58.8. The molecule has 354 valence electrons. The average Bonchev–Trinajstić information content (AvgIpc) is 3.28. The fourth-order valence-electron chi connectivity index (χ4n) is 6.20. The van der Waals surface area contributed by atoms with Crippen LogP contribution in [0.4, 0.5) is 0 Å². The Kier molecular flexibility index (Phi) is 47.1. The molecule has 0 aliphatic heterocycles. The van der Waals surface area contributed by atoms with Crippen molar-refractivity contribution in [3.63, 3.8) is 0 Å². The maximum absolute atomic E-state index is 12.7. The molecule has 0 fully saturated rings. The summed E-state index contributed by atoms with van der Waals surface area (Å²) >= 11 is 0. The number of ether oxygens (including phenoxy) is 3. The Hall–Kier alpha value is -4.19. The Morgan fingerprint density at radius 2 is 0.619 bits per heavy atom. The van der Waals surface area contributed by atoms with E-state index in [-0.39, 0.29) is 31.1 Å². The summed E-state index contributed by atoms with van der Waals surface area (Å²) in [6.45, 7) is 6.27. The summed E-state index contributed by atoms with van der Waals surface area (Å²) in [5, 5.41) is 0. The minimum Gasteiger partial charge on any atom is -0.462 e. The van der Waals surface area contributed by atoms with Gasteiger partial charge in [0.25, 0.3) is 0 Å². The van der Waals surface area contributed by atoms with E-state index in [0.29, 0.717) is 25.7 Å². The molecule has 0 saturated carbocycles. The molecule has 0 saturated heterocycles. The first-order valence-electron chi connectivity index (χ1n) is 25.0. The van der Waals surface area contributed by atoms with Gasteiger partial charge >= 0.3 is 17.9 Å². The van der Waals surface area contributed by atoms with E-state index >= 15 is 0 Å². The van der Waals surface area contributed by atoms with E-state index in [1.807, 2.05) is 0 Å². The second-order valence-electron chi connectivity index (χ2n) is 16.0. The molecule has 63 heavy (non-hydrogen) atoms. The van der Waals surface area contributed by atoms with Crippen molar-refractivity contribution in [2.24, 2.45) is 0 Å². The van der Waals surface area contributed by atoms with Crippen molar-refractivity contribution >= 4 is 17.9 Å². The number of hydrogen-bond acceptors (Lipinski definition) is 6. The van der Waals surface area contributed by atoms with Gasteiger partial charge in [0.05, 0.1) is 0 Å². The fraction of sp³-hybridized carbons (Fsp3) is 0.596. The second-order valence-corrected chi connectivity index (χ2v) is 16.0. The molecular formula is C57H90O6. The van der Waals surface area contributed by atoms with Crippen LogP contribution >= 0.6 is 0 Å². The zero-order valence-electron chi connectivity index (χ0n) is 40.3. The van der Waals surface area contributed by atoms with Gasteiger partial charge in [-0.25, -0.2) is 0 Å². The van der Waals surface area contributed by atoms with Gasteiger partial charge < -0.3 is 14.2 Å². The van der Waals surface area contributed by atoms with Crippen molar-refractivity contribution in [1.29, 1.82) is 0 Å². The topological polar surface area (TPSA) is 78.9 Å². The molecule has 0 aromatic carbocycles. The maximum atomic E-state index is 12.7. The van der Waals surface area contributed by atoms with Gasteiger partial charge in [0.1, 0.15) is 13.2 Å². The lowest BCUT2D eigenvalue weighted by molar-refractivity contribution is -0.167. The molecule has 0 aromatic rings. The van der Waals surface area contributed by atoms with Crippen LogP contribution in [0.25, 0.3) is 0 Å². The molecule has 0 aromatic heterocycles. The van der Waals surface area contributed by atoms with E-state index in [1.54, 1.807) is 0 Å². The summed E-state index contributed by atoms with van der Waals surface area (Å²) < 4.78 is 16.7. The fourth-order valence-corrected chi connectivity index (χ4v) is 6.20. The number of rotatable bonds is 43. The van der Waals surface area contributed by atoms with E-state index < -0.39 is 6.10 Å². The number of esters is 3. The van der Waals surface area contributed by atoms with Crippen molar-refractivity contribution in [3.05, 3.63) is 122 Å². The van der Waals surface area contributed by atoms with Crippen molar-refractivity contribution in [3.8, 4) is 0 Å². The Balaban J connectivity index is 4.51. The smallest absolute Gasteiger partial charge is 0.306 e. The largest absolute Gasteiger partial charge is 0.462 e. The number of allylic oxidation sites excluding steroid dienone is 20. The molecule has 0 amide bonds. The maximum Gasteiger partial charge on any atom is 0.306 e. The number of carbonyl (C=O) groups is 3. The third kappa shape index (κ3) is 48.7. The molecule has 0 spiro atoms. The monoisotopic (exact) mass is 871 g/mol. The Morgan fingerprint density at radius 3 is 1.03 bits per heavy atom. The molecule has 0 radical (unpaired) electrons. The summed E-state index contributed by atoms with van der Waals surface area (Å²) in [5.74, 6) is -1.01. The van der Waals surface area contributed by atoms with Gasteiger partial charge in [-0.3, -0.25) is 14.4 Å². The van der Waals surface area contributed by atoms with Crippen LogP contribution in [0.2, 0.25) is 0 Å². The van der Waals surface area contributed by atoms with Crippen LogP contribution in [-0.4, -0.2) is 37.2 Å². The molecule has 6 nitrogen and oxygen atoms in total. The van der Waals surface area contributed by atoms with Crippen LogP contribution < -0.4 is 0 Å². The molecule has 0 unspecified atom stereocenters. The third-order valence-electron chi connectivity index (χ3n) is 9.93. The molecule has 0 bridgehead atoms. The van der Waals surface area contributed by atoms with E-state index in [0.717, 1.165) is 135 Å². The summed E-state index contributed by atoms with van der Waals surface area (Å²) in [5.41, 5.74) is 0. The number of carbonyl (C=O) groups excluding carboxylic acids is 3. The highest BCUT2D eigenvalue weighted by Crippen LogP contribution is 2.12. The van der Waals surface area contributed by atoms with Crippen LogP contribution in [0.1, 0.15) is 201 Å². The van der Waals surface area contributed by atoms with E-state index in [1.165, 1.54) is 19.3 Å². The van der Waals surface area contributed by atoms with Gasteiger partial charge in [-0.05, 0) is 122 Å². The summed E-state index contributed by atoms with van der Waals surface area (Å²) in [6.07, 6.45) is 69.0. The lowest BCUT2D eigenvalue weighted by Crippen LogP contribution is -2.30. The summed E-state index contributed by atoms with van der Waals surface area (Å²) in [6, 6.07) is 0. The van der Waals surface area contributed by atoms with E-state index in [9.17, 15) is 14.4 Å². The normalized spacial score (nSPS) is 13.1. The predicted octanol–water partition coefficient (Wildman–Crippen LogP) is 16.5. The zero-order chi connectivity index (χ0) is 45.8. The van der Waals surface area contributed by atoms with E-state index in [4.69, 9.17) is 14.2 Å². The van der Waals surface area contributed by atoms with Crippen molar-refractivity contribution < 1.29 is 28.6 Å². The Morgan fingerprint density at radius 1 is 0.333 bits per heavy atom. The Bertz CT molecular complexity index is 1370. The van der Waals surface area contributed by atoms with Gasteiger partial charge in [-0.1, -0.05) is 181 Å². The summed E-state index contributed by atoms with van der Waals surface area (Å²) in [7, 11) is 0. The van der Waals surface area contributed by atoms with Crippen LogP contribution in [0, 0.1) is 0 Å². The molecule has 6 heteroatoms. The molecule has 0 N–H and O–H groups in total. The average molecular weight is 871 g/mol. The molecule has 0 rings (SSSR count). The second kappa shape index (κ2) is 50.5. The van der Waals surface area contributed by atoms with Gasteiger partial charge in [-0.15, -0.1) is 0 Å². The zero-order valence-corrected chi connectivity index (χ0v) is 40.3. The highest BCUT2D eigenvalue weighted by Gasteiger charge is 2.19. The number of hydrogen-bond donors (Lipinski definition) is 0. The van der Waals surface area contributed by atoms with Crippen molar-refractivity contribution in [2.45, 2.75) is 207 Å². The lowest BCUT2D eigenvalue weighted by Gasteiger charge is -2.18. The van der Waals surface area contributed by atoms with Crippen molar-refractivity contribution in [1.82, 2.24) is 0 Å². The molecule has 0 heterocycles. The third-order valence-corrected chi connectivity index (χ3v) is 9.93. The summed E-state index contributed by atoms with van der Waals surface area (Å²) in [4.78, 5) is 37.9. The van der Waals surface area contributed by atoms with Gasteiger partial charge in [0.2, 0.25) is 0 Å².